The van der Waals surface area contributed by atoms with E-state index in [-0.39, 0.29) is 0 Å². The molecular weight excluding hydrogens is 226 g/mol. The van der Waals surface area contributed by atoms with Gasteiger partial charge in [0.2, 0.25) is 0 Å². The Morgan fingerprint density at radius 2 is 2.06 bits per heavy atom. The van der Waals surface area contributed by atoms with Crippen LogP contribution in [0.4, 0.5) is 0 Å². The average Bonchev–Trinajstić information content (AvgIpc) is 2.84. The van der Waals surface area contributed by atoms with Crippen LogP contribution in [0.1, 0.15) is 32.2 Å². The van der Waals surface area contributed by atoms with Crippen molar-refractivity contribution in [1.82, 2.24) is 25.5 Å². The summed E-state index contributed by atoms with van der Waals surface area (Å²) in [6.07, 6.45) is 0.965. The summed E-state index contributed by atoms with van der Waals surface area (Å²) in [7, 11) is 0. The molecule has 0 aliphatic rings. The van der Waals surface area contributed by atoms with Crippen LogP contribution in [-0.4, -0.2) is 26.2 Å². The highest BCUT2D eigenvalue weighted by Gasteiger charge is 2.10. The van der Waals surface area contributed by atoms with Crippen molar-refractivity contribution in [3.8, 4) is 5.69 Å². The van der Waals surface area contributed by atoms with Crippen LogP contribution in [0.3, 0.4) is 0 Å². The number of nitrogens with one attached hydrogen (secondary N) is 1. The van der Waals surface area contributed by atoms with Gasteiger partial charge in [-0.1, -0.05) is 39.0 Å². The lowest BCUT2D eigenvalue weighted by atomic mass is 10.1. The first kappa shape index (κ1) is 12.7. The molecule has 96 valence electrons. The van der Waals surface area contributed by atoms with Crippen molar-refractivity contribution in [3.63, 3.8) is 0 Å². The summed E-state index contributed by atoms with van der Waals surface area (Å²) in [6.45, 7) is 7.01. The molecule has 0 spiro atoms. The van der Waals surface area contributed by atoms with Gasteiger partial charge in [-0.2, -0.15) is 4.68 Å². The second-order valence-corrected chi connectivity index (χ2v) is 4.52. The molecule has 0 aliphatic carbocycles. The number of hydrogen-bond acceptors (Lipinski definition) is 4. The van der Waals surface area contributed by atoms with Crippen LogP contribution in [0.5, 0.6) is 0 Å². The molecule has 18 heavy (non-hydrogen) atoms. The number of rotatable bonds is 5. The zero-order valence-electron chi connectivity index (χ0n) is 11.1. The summed E-state index contributed by atoms with van der Waals surface area (Å²) in [5, 5.41) is 15.3. The Balaban J connectivity index is 2.30. The lowest BCUT2D eigenvalue weighted by Gasteiger charge is -2.10. The highest BCUT2D eigenvalue weighted by molar-refractivity contribution is 5.40. The normalized spacial score (nSPS) is 11.1. The Morgan fingerprint density at radius 3 is 2.78 bits per heavy atom. The third kappa shape index (κ3) is 2.73. The van der Waals surface area contributed by atoms with E-state index in [1.54, 1.807) is 0 Å². The third-order valence-corrected chi connectivity index (χ3v) is 2.80. The maximum atomic E-state index is 4.09. The van der Waals surface area contributed by atoms with Crippen LogP contribution in [0.25, 0.3) is 5.69 Å². The van der Waals surface area contributed by atoms with Crippen molar-refractivity contribution >= 4 is 0 Å². The van der Waals surface area contributed by atoms with Crippen LogP contribution in [0, 0.1) is 0 Å². The van der Waals surface area contributed by atoms with E-state index in [9.17, 15) is 0 Å². The minimum atomic E-state index is 0.413. The van der Waals surface area contributed by atoms with Gasteiger partial charge >= 0.3 is 0 Å². The summed E-state index contributed by atoms with van der Waals surface area (Å²) in [5.41, 5.74) is 2.31. The van der Waals surface area contributed by atoms with Gasteiger partial charge in [0, 0.05) is 6.04 Å². The molecule has 0 atom stereocenters. The van der Waals surface area contributed by atoms with Crippen LogP contribution in [0.15, 0.2) is 24.3 Å². The van der Waals surface area contributed by atoms with Gasteiger partial charge in [0.25, 0.3) is 0 Å². The summed E-state index contributed by atoms with van der Waals surface area (Å²) in [4.78, 5) is 0. The molecule has 0 unspecified atom stereocenters. The first-order valence-corrected chi connectivity index (χ1v) is 6.31. The molecule has 5 heteroatoms. The second-order valence-electron chi connectivity index (χ2n) is 4.52. The van der Waals surface area contributed by atoms with Crippen molar-refractivity contribution in [3.05, 3.63) is 35.7 Å². The van der Waals surface area contributed by atoms with E-state index in [4.69, 9.17) is 0 Å². The standard InChI is InChI=1S/C13H19N5/c1-4-11-7-5-6-8-12(11)18-13(15-16-17-18)9-14-10(2)3/h5-8,10,14H,4,9H2,1-3H3. The number of para-hydroxylation sites is 1. The number of aromatic nitrogens is 4. The third-order valence-electron chi connectivity index (χ3n) is 2.80. The molecule has 0 saturated heterocycles. The number of aryl methyl sites for hydroxylation is 1. The molecule has 1 N–H and O–H groups in total. The summed E-state index contributed by atoms with van der Waals surface area (Å²) >= 11 is 0. The number of nitrogens with zero attached hydrogens (tertiary/aromatic N) is 4. The van der Waals surface area contributed by atoms with Gasteiger partial charge in [0.1, 0.15) is 0 Å². The first-order valence-electron chi connectivity index (χ1n) is 6.31. The molecule has 0 amide bonds. The first-order chi connectivity index (χ1) is 8.72. The van der Waals surface area contributed by atoms with Crippen LogP contribution in [-0.2, 0) is 13.0 Å². The average molecular weight is 245 g/mol. The predicted molar refractivity (Wildman–Crippen MR) is 70.5 cm³/mol. The zero-order chi connectivity index (χ0) is 13.0. The molecule has 0 radical (unpaired) electrons. The Labute approximate surface area is 107 Å². The molecule has 0 aliphatic heterocycles. The lowest BCUT2D eigenvalue weighted by molar-refractivity contribution is 0.562. The smallest absolute Gasteiger partial charge is 0.170 e. The summed E-state index contributed by atoms with van der Waals surface area (Å²) < 4.78 is 1.81. The Hall–Kier alpha value is -1.75. The van der Waals surface area contributed by atoms with Crippen molar-refractivity contribution in [1.29, 1.82) is 0 Å². The van der Waals surface area contributed by atoms with Gasteiger partial charge in [0.15, 0.2) is 5.82 Å². The predicted octanol–water partition coefficient (Wildman–Crippen LogP) is 1.72. The summed E-state index contributed by atoms with van der Waals surface area (Å²) in [6, 6.07) is 8.62. The molecule has 0 saturated carbocycles. The maximum absolute atomic E-state index is 4.09. The monoisotopic (exact) mass is 245 g/mol. The van der Waals surface area contributed by atoms with Gasteiger partial charge in [-0.25, -0.2) is 0 Å². The number of benzene rings is 1. The van der Waals surface area contributed by atoms with Gasteiger partial charge in [0.05, 0.1) is 12.2 Å². The fourth-order valence-electron chi connectivity index (χ4n) is 1.81. The van der Waals surface area contributed by atoms with E-state index >= 15 is 0 Å². The largest absolute Gasteiger partial charge is 0.308 e. The molecule has 1 aromatic carbocycles. The van der Waals surface area contributed by atoms with E-state index in [0.29, 0.717) is 12.6 Å². The number of tetrazole rings is 1. The molecule has 2 aromatic rings. The van der Waals surface area contributed by atoms with E-state index < -0.39 is 0 Å². The molecule has 2 rings (SSSR count). The van der Waals surface area contributed by atoms with Gasteiger partial charge in [-0.3, -0.25) is 0 Å². The topological polar surface area (TPSA) is 55.6 Å². The highest BCUT2D eigenvalue weighted by Crippen LogP contribution is 2.14. The van der Waals surface area contributed by atoms with Crippen molar-refractivity contribution in [2.75, 3.05) is 0 Å². The Kier molecular flexibility index (Phi) is 4.04. The van der Waals surface area contributed by atoms with Crippen molar-refractivity contribution < 1.29 is 0 Å². The van der Waals surface area contributed by atoms with Gasteiger partial charge in [-0.15, -0.1) is 5.10 Å². The molecule has 1 aromatic heterocycles. The molecule has 0 bridgehead atoms. The van der Waals surface area contributed by atoms with Crippen LogP contribution < -0.4 is 5.32 Å². The van der Waals surface area contributed by atoms with Crippen molar-refractivity contribution in [2.24, 2.45) is 0 Å². The van der Waals surface area contributed by atoms with Gasteiger partial charge in [-0.05, 0) is 28.5 Å². The molecule has 1 heterocycles. The van der Waals surface area contributed by atoms with E-state index in [2.05, 4.69) is 47.7 Å². The van der Waals surface area contributed by atoms with Crippen molar-refractivity contribution in [2.45, 2.75) is 39.8 Å². The molecular formula is C13H19N5. The van der Waals surface area contributed by atoms with E-state index in [0.717, 1.165) is 17.9 Å². The van der Waals surface area contributed by atoms with Gasteiger partial charge < -0.3 is 5.32 Å². The second kappa shape index (κ2) is 5.73. The quantitative estimate of drug-likeness (QED) is 0.871. The molecule has 5 nitrogen and oxygen atoms in total. The molecule has 0 fully saturated rings. The zero-order valence-corrected chi connectivity index (χ0v) is 11.1. The van der Waals surface area contributed by atoms with Crippen LogP contribution >= 0.6 is 0 Å². The van der Waals surface area contributed by atoms with E-state index in [1.807, 2.05) is 22.9 Å². The maximum Gasteiger partial charge on any atom is 0.170 e. The van der Waals surface area contributed by atoms with E-state index in [1.165, 1.54) is 5.56 Å². The Bertz CT molecular complexity index is 504. The number of hydrogen-bond donors (Lipinski definition) is 1. The minimum Gasteiger partial charge on any atom is -0.308 e. The lowest BCUT2D eigenvalue weighted by Crippen LogP contribution is -2.24. The summed E-state index contributed by atoms with van der Waals surface area (Å²) in [5.74, 6) is 0.838. The Morgan fingerprint density at radius 1 is 1.28 bits per heavy atom. The minimum absolute atomic E-state index is 0.413. The fourth-order valence-corrected chi connectivity index (χ4v) is 1.81. The fraction of sp³-hybridized carbons (Fsp3) is 0.462. The SMILES string of the molecule is CCc1ccccc1-n1nnnc1CNC(C)C. The van der Waals surface area contributed by atoms with Crippen LogP contribution in [0.2, 0.25) is 0 Å². The highest BCUT2D eigenvalue weighted by atomic mass is 15.5.